The van der Waals surface area contributed by atoms with E-state index in [1.54, 1.807) is 7.11 Å². The van der Waals surface area contributed by atoms with Crippen molar-refractivity contribution in [1.82, 2.24) is 15.3 Å². The Balaban J connectivity index is 1.80. The molecular weight excluding hydrogens is 372 g/mol. The molecule has 1 aromatic rings. The second kappa shape index (κ2) is 10.2. The first kappa shape index (κ1) is 21.0. The van der Waals surface area contributed by atoms with Crippen molar-refractivity contribution in [3.05, 3.63) is 6.07 Å². The van der Waals surface area contributed by atoms with E-state index < -0.39 is 0 Å². The summed E-state index contributed by atoms with van der Waals surface area (Å²) in [6, 6.07) is 2.16. The quantitative estimate of drug-likeness (QED) is 0.552. The fraction of sp³-hybridized carbons (Fsp3) is 0.750. The van der Waals surface area contributed by atoms with Crippen molar-refractivity contribution < 1.29 is 4.74 Å². The number of hydrogen-bond donors (Lipinski definition) is 2. The van der Waals surface area contributed by atoms with E-state index in [0.717, 1.165) is 37.8 Å². The molecule has 0 aliphatic carbocycles. The van der Waals surface area contributed by atoms with Crippen LogP contribution in [0.4, 0.5) is 17.6 Å². The molecule has 0 spiro atoms. The van der Waals surface area contributed by atoms with Gasteiger partial charge in [-0.2, -0.15) is 9.97 Å². The van der Waals surface area contributed by atoms with Crippen molar-refractivity contribution in [1.29, 1.82) is 0 Å². The molecule has 0 saturated carbocycles. The molecule has 2 aliphatic rings. The number of ether oxygens (including phenoxy) is 1. The Hall–Kier alpha value is -1.67. The van der Waals surface area contributed by atoms with Crippen LogP contribution < -0.4 is 20.4 Å². The molecule has 2 N–H and O–H groups in total. The van der Waals surface area contributed by atoms with Gasteiger partial charge in [0.25, 0.3) is 0 Å². The molecule has 0 aromatic carbocycles. The van der Waals surface area contributed by atoms with E-state index in [1.165, 1.54) is 25.7 Å². The van der Waals surface area contributed by atoms with Crippen LogP contribution in [0.1, 0.15) is 39.5 Å². The normalized spacial score (nSPS) is 22.8. The highest BCUT2D eigenvalue weighted by atomic mass is 32.1. The third-order valence-electron chi connectivity index (χ3n) is 5.48. The molecule has 0 radical (unpaired) electrons. The third kappa shape index (κ3) is 5.91. The maximum atomic E-state index is 5.40. The van der Waals surface area contributed by atoms with E-state index in [2.05, 4.69) is 40.3 Å². The number of anilines is 3. The molecule has 0 amide bonds. The maximum absolute atomic E-state index is 5.40. The van der Waals surface area contributed by atoms with Gasteiger partial charge in [-0.15, -0.1) is 0 Å². The zero-order valence-electron chi connectivity index (χ0n) is 17.4. The van der Waals surface area contributed by atoms with E-state index >= 15 is 0 Å². The molecule has 3 heterocycles. The molecule has 7 nitrogen and oxygen atoms in total. The molecular formula is C20H34N6OS. The van der Waals surface area contributed by atoms with Gasteiger partial charge in [0.1, 0.15) is 11.6 Å². The van der Waals surface area contributed by atoms with E-state index in [4.69, 9.17) is 26.9 Å². The lowest BCUT2D eigenvalue weighted by Crippen LogP contribution is -2.37. The predicted octanol–water partition coefficient (Wildman–Crippen LogP) is 2.88. The molecule has 2 fully saturated rings. The summed E-state index contributed by atoms with van der Waals surface area (Å²) >= 11 is 5.40. The first-order valence-electron chi connectivity index (χ1n) is 10.5. The van der Waals surface area contributed by atoms with Crippen LogP contribution in [0.5, 0.6) is 0 Å². The van der Waals surface area contributed by atoms with E-state index in [-0.39, 0.29) is 0 Å². The monoisotopic (exact) mass is 406 g/mol. The lowest BCUT2D eigenvalue weighted by atomic mass is 10.00. The second-order valence-corrected chi connectivity index (χ2v) is 8.58. The summed E-state index contributed by atoms with van der Waals surface area (Å²) in [6.07, 6.45) is 5.00. The molecule has 2 saturated heterocycles. The molecule has 2 atom stereocenters. The van der Waals surface area contributed by atoms with Crippen molar-refractivity contribution in [3.8, 4) is 0 Å². The van der Waals surface area contributed by atoms with Gasteiger partial charge in [-0.05, 0) is 49.7 Å². The van der Waals surface area contributed by atoms with Crippen LogP contribution in [-0.4, -0.2) is 61.5 Å². The average molecular weight is 407 g/mol. The molecule has 8 heteroatoms. The van der Waals surface area contributed by atoms with Gasteiger partial charge < -0.3 is 25.2 Å². The molecule has 1 aromatic heterocycles. The highest BCUT2D eigenvalue weighted by molar-refractivity contribution is 7.80. The number of rotatable bonds is 6. The Labute approximate surface area is 174 Å². The van der Waals surface area contributed by atoms with Crippen molar-refractivity contribution >= 4 is 34.9 Å². The number of piperidine rings is 2. The van der Waals surface area contributed by atoms with Crippen LogP contribution in [0.15, 0.2) is 6.07 Å². The summed E-state index contributed by atoms with van der Waals surface area (Å²) in [7, 11) is 1.68. The van der Waals surface area contributed by atoms with Gasteiger partial charge in [0.05, 0.1) is 6.61 Å². The molecule has 156 valence electrons. The van der Waals surface area contributed by atoms with Gasteiger partial charge in [-0.3, -0.25) is 0 Å². The van der Waals surface area contributed by atoms with Crippen LogP contribution >= 0.6 is 12.2 Å². The van der Waals surface area contributed by atoms with Gasteiger partial charge >= 0.3 is 0 Å². The predicted molar refractivity (Wildman–Crippen MR) is 119 cm³/mol. The van der Waals surface area contributed by atoms with Gasteiger partial charge in [0.15, 0.2) is 5.11 Å². The van der Waals surface area contributed by atoms with Gasteiger partial charge in [-0.1, -0.05) is 13.8 Å². The van der Waals surface area contributed by atoms with Crippen LogP contribution in [0, 0.1) is 11.8 Å². The summed E-state index contributed by atoms with van der Waals surface area (Å²) in [5, 5.41) is 6.83. The number of nitrogens with one attached hydrogen (secondary N) is 2. The smallest absolute Gasteiger partial charge is 0.232 e. The lowest BCUT2D eigenvalue weighted by molar-refractivity contribution is 0.204. The standard InChI is InChI=1S/C20H34N6OS/c1-15-6-4-9-25(13-15)17-12-18(26-10-5-7-16(2)14-26)23-19(22-17)24-20(28)21-8-11-27-3/h12,15-16H,4-11,13-14H2,1-3H3,(H2,21,22,23,24,28)/t15-,16-/m1/s1. The zero-order valence-corrected chi connectivity index (χ0v) is 18.2. The van der Waals surface area contributed by atoms with E-state index in [9.17, 15) is 0 Å². The SMILES string of the molecule is COCCNC(=S)Nc1nc(N2CCC[C@@H](C)C2)cc(N2CCC[C@@H](C)C2)n1. The number of methoxy groups -OCH3 is 1. The van der Waals surface area contributed by atoms with Crippen LogP contribution in [0.3, 0.4) is 0 Å². The van der Waals surface area contributed by atoms with Gasteiger partial charge in [0, 0.05) is 45.9 Å². The first-order chi connectivity index (χ1) is 13.5. The Kier molecular flexibility index (Phi) is 7.67. The zero-order chi connectivity index (χ0) is 19.9. The average Bonchev–Trinajstić information content (AvgIpc) is 2.68. The minimum Gasteiger partial charge on any atom is -0.383 e. The maximum Gasteiger partial charge on any atom is 0.232 e. The molecule has 0 bridgehead atoms. The van der Waals surface area contributed by atoms with E-state index in [1.807, 2.05) is 0 Å². The Bertz CT molecular complexity index is 617. The van der Waals surface area contributed by atoms with Gasteiger partial charge in [0.2, 0.25) is 5.95 Å². The first-order valence-corrected chi connectivity index (χ1v) is 10.9. The van der Waals surface area contributed by atoms with Crippen molar-refractivity contribution in [2.45, 2.75) is 39.5 Å². The van der Waals surface area contributed by atoms with Gasteiger partial charge in [-0.25, -0.2) is 0 Å². The Morgan fingerprint density at radius 1 is 1.11 bits per heavy atom. The highest BCUT2D eigenvalue weighted by Crippen LogP contribution is 2.28. The minimum absolute atomic E-state index is 0.527. The topological polar surface area (TPSA) is 65.6 Å². The molecule has 28 heavy (non-hydrogen) atoms. The second-order valence-electron chi connectivity index (χ2n) is 8.17. The van der Waals surface area contributed by atoms with Crippen molar-refractivity contribution in [2.75, 3.05) is 61.6 Å². The van der Waals surface area contributed by atoms with Crippen molar-refractivity contribution in [3.63, 3.8) is 0 Å². The summed E-state index contributed by atoms with van der Waals surface area (Å²) in [5.41, 5.74) is 0. The summed E-state index contributed by atoms with van der Waals surface area (Å²) in [4.78, 5) is 14.4. The van der Waals surface area contributed by atoms with Crippen LogP contribution in [-0.2, 0) is 4.74 Å². The molecule has 3 rings (SSSR count). The summed E-state index contributed by atoms with van der Waals surface area (Å²) in [6.45, 7) is 10.1. The number of thiocarbonyl (C=S) groups is 1. The number of aromatic nitrogens is 2. The minimum atomic E-state index is 0.527. The van der Waals surface area contributed by atoms with Crippen LogP contribution in [0.2, 0.25) is 0 Å². The Morgan fingerprint density at radius 3 is 2.18 bits per heavy atom. The lowest BCUT2D eigenvalue weighted by Gasteiger charge is -2.35. The highest BCUT2D eigenvalue weighted by Gasteiger charge is 2.23. The number of nitrogens with zero attached hydrogens (tertiary/aromatic N) is 4. The third-order valence-corrected chi connectivity index (χ3v) is 5.72. The van der Waals surface area contributed by atoms with Crippen LogP contribution in [0.25, 0.3) is 0 Å². The summed E-state index contributed by atoms with van der Waals surface area (Å²) < 4.78 is 5.06. The fourth-order valence-electron chi connectivity index (χ4n) is 4.01. The molecule has 2 aliphatic heterocycles. The largest absolute Gasteiger partial charge is 0.383 e. The van der Waals surface area contributed by atoms with Crippen molar-refractivity contribution in [2.24, 2.45) is 11.8 Å². The fourth-order valence-corrected chi connectivity index (χ4v) is 4.20. The Morgan fingerprint density at radius 2 is 1.68 bits per heavy atom. The van der Waals surface area contributed by atoms with E-state index in [0.29, 0.717) is 36.0 Å². The molecule has 0 unspecified atom stereocenters. The summed E-state index contributed by atoms with van der Waals surface area (Å²) in [5.74, 6) is 3.94. The number of hydrogen-bond acceptors (Lipinski definition) is 6.